The molecule has 7 heteroatoms. The summed E-state index contributed by atoms with van der Waals surface area (Å²) in [4.78, 5) is 14.1. The second-order valence-corrected chi connectivity index (χ2v) is 7.02. The number of rotatable bonds is 3. The van der Waals surface area contributed by atoms with Gasteiger partial charge in [-0.05, 0) is 43.9 Å². The maximum absolute atomic E-state index is 12.4. The highest BCUT2D eigenvalue weighted by Gasteiger charge is 2.19. The first kappa shape index (κ1) is 17.7. The fourth-order valence-corrected chi connectivity index (χ4v) is 4.02. The molecule has 1 aromatic heterocycles. The number of fused-ring (bicyclic) bond motifs is 1. The second-order valence-electron chi connectivity index (χ2n) is 5.12. The first-order valence-electron chi connectivity index (χ1n) is 6.80. The first-order valence-corrected chi connectivity index (χ1v) is 8.37. The number of aryl methyl sites for hydroxylation is 1. The van der Waals surface area contributed by atoms with Crippen LogP contribution in [0.15, 0.2) is 18.2 Å². The summed E-state index contributed by atoms with van der Waals surface area (Å²) in [6.45, 7) is 0.197. The van der Waals surface area contributed by atoms with Crippen molar-refractivity contribution in [1.82, 2.24) is 4.57 Å². The number of ketones is 1. The molecule has 0 radical (unpaired) electrons. The Bertz CT molecular complexity index is 769. The monoisotopic (exact) mass is 420 g/mol. The number of hydrogen-bond acceptors (Lipinski definition) is 3. The Hall–Kier alpha value is -0.620. The van der Waals surface area contributed by atoms with Crippen LogP contribution in [0.25, 0.3) is 0 Å². The van der Waals surface area contributed by atoms with Crippen molar-refractivity contribution in [3.05, 3.63) is 49.2 Å². The Balaban J connectivity index is 0.00000176. The van der Waals surface area contributed by atoms with E-state index in [0.29, 0.717) is 20.4 Å². The van der Waals surface area contributed by atoms with E-state index in [9.17, 15) is 4.79 Å². The molecule has 0 unspecified atom stereocenters. The zero-order valence-electron chi connectivity index (χ0n) is 11.7. The van der Waals surface area contributed by atoms with Crippen LogP contribution in [-0.4, -0.2) is 10.4 Å². The molecule has 0 amide bonds. The van der Waals surface area contributed by atoms with Crippen molar-refractivity contribution in [3.8, 4) is 0 Å². The van der Waals surface area contributed by atoms with Crippen molar-refractivity contribution >= 4 is 57.3 Å². The molecule has 1 aromatic carbocycles. The van der Waals surface area contributed by atoms with Gasteiger partial charge in [-0.1, -0.05) is 23.2 Å². The lowest BCUT2D eigenvalue weighted by Crippen LogP contribution is -2.22. The average Bonchev–Trinajstić information content (AvgIpc) is 2.78. The van der Waals surface area contributed by atoms with Crippen LogP contribution in [0.5, 0.6) is 0 Å². The topological polar surface area (TPSA) is 45.9 Å². The normalized spacial score (nSPS) is 13.4. The third-order valence-corrected chi connectivity index (χ3v) is 5.56. The lowest BCUT2D eigenvalue weighted by atomic mass is 10.0. The van der Waals surface area contributed by atoms with Gasteiger partial charge < -0.3 is 4.57 Å². The van der Waals surface area contributed by atoms with E-state index in [1.807, 2.05) is 4.57 Å². The highest BCUT2D eigenvalue weighted by atomic mass is 79.9. The molecular formula is C15H15BrCl2N2OS. The van der Waals surface area contributed by atoms with Crippen molar-refractivity contribution < 1.29 is 4.79 Å². The van der Waals surface area contributed by atoms with Gasteiger partial charge in [-0.2, -0.15) is 0 Å². The summed E-state index contributed by atoms with van der Waals surface area (Å²) >= 11 is 13.3. The third kappa shape index (κ3) is 3.48. The quantitative estimate of drug-likeness (QED) is 0.718. The van der Waals surface area contributed by atoms with E-state index in [4.69, 9.17) is 28.6 Å². The lowest BCUT2D eigenvalue weighted by molar-refractivity contribution is 0.0969. The van der Waals surface area contributed by atoms with Crippen LogP contribution in [0.2, 0.25) is 10.0 Å². The molecule has 22 heavy (non-hydrogen) atoms. The number of carbonyl (C=O) groups excluding carboxylic acids is 1. The maximum atomic E-state index is 12.4. The second kappa shape index (κ2) is 7.30. The maximum Gasteiger partial charge on any atom is 0.182 e. The molecule has 118 valence electrons. The zero-order chi connectivity index (χ0) is 15.0. The molecule has 2 aromatic rings. The summed E-state index contributed by atoms with van der Waals surface area (Å²) < 4.78 is 1.84. The standard InChI is InChI=1S/C15H14Cl2N2OS.BrH/c16-10-6-5-9(7-11(10)17)13(20)8-19-12-3-1-2-4-14(12)21-15(19)18;/h5-7,18H,1-4,8H2;1H. The molecule has 3 rings (SSSR count). The Labute approximate surface area is 153 Å². The number of thiazole rings is 1. The summed E-state index contributed by atoms with van der Waals surface area (Å²) in [6.07, 6.45) is 4.29. The van der Waals surface area contributed by atoms with Gasteiger partial charge in [0.2, 0.25) is 0 Å². The van der Waals surface area contributed by atoms with Crippen molar-refractivity contribution in [2.24, 2.45) is 0 Å². The third-order valence-electron chi connectivity index (χ3n) is 3.72. The molecule has 0 saturated heterocycles. The molecule has 1 heterocycles. The summed E-state index contributed by atoms with van der Waals surface area (Å²) in [5.41, 5.74) is 1.69. The van der Waals surface area contributed by atoms with E-state index in [-0.39, 0.29) is 29.3 Å². The fourth-order valence-electron chi connectivity index (χ4n) is 2.62. The highest BCUT2D eigenvalue weighted by Crippen LogP contribution is 2.25. The van der Waals surface area contributed by atoms with Crippen LogP contribution in [0, 0.1) is 5.41 Å². The number of nitrogens with zero attached hydrogens (tertiary/aromatic N) is 1. The molecule has 0 bridgehead atoms. The number of aromatic nitrogens is 1. The molecule has 1 N–H and O–H groups in total. The minimum absolute atomic E-state index is 0. The Kier molecular flexibility index (Phi) is 5.88. The van der Waals surface area contributed by atoms with Gasteiger partial charge in [0.15, 0.2) is 10.6 Å². The number of hydrogen-bond donors (Lipinski definition) is 1. The van der Waals surface area contributed by atoms with Crippen molar-refractivity contribution in [2.75, 3.05) is 0 Å². The van der Waals surface area contributed by atoms with E-state index in [2.05, 4.69) is 0 Å². The summed E-state index contributed by atoms with van der Waals surface area (Å²) in [5.74, 6) is -0.0433. The van der Waals surface area contributed by atoms with E-state index < -0.39 is 0 Å². The van der Waals surface area contributed by atoms with Crippen molar-refractivity contribution in [2.45, 2.75) is 32.2 Å². The van der Waals surface area contributed by atoms with Crippen LogP contribution < -0.4 is 4.80 Å². The van der Waals surface area contributed by atoms with Crippen LogP contribution in [0.3, 0.4) is 0 Å². The van der Waals surface area contributed by atoms with Gasteiger partial charge in [0, 0.05) is 16.1 Å². The first-order chi connectivity index (χ1) is 10.1. The highest BCUT2D eigenvalue weighted by molar-refractivity contribution is 8.93. The predicted molar refractivity (Wildman–Crippen MR) is 95.9 cm³/mol. The van der Waals surface area contributed by atoms with Crippen LogP contribution in [-0.2, 0) is 19.4 Å². The number of carbonyl (C=O) groups is 1. The molecule has 1 aliphatic carbocycles. The smallest absolute Gasteiger partial charge is 0.182 e. The SMILES string of the molecule is Br.N=c1sc2c(n1CC(=O)c1ccc(Cl)c(Cl)c1)CCCC2. The van der Waals surface area contributed by atoms with Gasteiger partial charge in [-0.25, -0.2) is 0 Å². The van der Waals surface area contributed by atoms with E-state index in [0.717, 1.165) is 25.0 Å². The van der Waals surface area contributed by atoms with Gasteiger partial charge in [0.05, 0.1) is 16.6 Å². The van der Waals surface area contributed by atoms with Gasteiger partial charge in [-0.3, -0.25) is 10.2 Å². The van der Waals surface area contributed by atoms with Crippen molar-refractivity contribution in [3.63, 3.8) is 0 Å². The molecule has 0 saturated carbocycles. The molecule has 0 fully saturated rings. The van der Waals surface area contributed by atoms with Crippen LogP contribution >= 0.6 is 51.5 Å². The van der Waals surface area contributed by atoms with Crippen LogP contribution in [0.1, 0.15) is 33.8 Å². The largest absolute Gasteiger partial charge is 0.313 e. The van der Waals surface area contributed by atoms with Gasteiger partial charge in [0.1, 0.15) is 0 Å². The zero-order valence-corrected chi connectivity index (χ0v) is 15.7. The van der Waals surface area contributed by atoms with E-state index in [1.165, 1.54) is 22.6 Å². The Morgan fingerprint density at radius 1 is 1.23 bits per heavy atom. The number of nitrogens with one attached hydrogen (secondary N) is 1. The lowest BCUT2D eigenvalue weighted by Gasteiger charge is -2.14. The Morgan fingerprint density at radius 3 is 2.68 bits per heavy atom. The fraction of sp³-hybridized carbons (Fsp3) is 0.333. The van der Waals surface area contributed by atoms with Crippen molar-refractivity contribution in [1.29, 1.82) is 5.41 Å². The minimum Gasteiger partial charge on any atom is -0.313 e. The van der Waals surface area contributed by atoms with Gasteiger partial charge >= 0.3 is 0 Å². The average molecular weight is 422 g/mol. The molecule has 0 spiro atoms. The number of halogens is 3. The molecule has 0 aliphatic heterocycles. The van der Waals surface area contributed by atoms with E-state index in [1.54, 1.807) is 18.2 Å². The number of Topliss-reactive ketones (excluding diaryl/α,β-unsaturated/α-hetero) is 1. The summed E-state index contributed by atoms with van der Waals surface area (Å²) in [5, 5.41) is 8.90. The molecule has 3 nitrogen and oxygen atoms in total. The van der Waals surface area contributed by atoms with E-state index >= 15 is 0 Å². The predicted octanol–water partition coefficient (Wildman–Crippen LogP) is 4.68. The van der Waals surface area contributed by atoms with Gasteiger partial charge in [0.25, 0.3) is 0 Å². The minimum atomic E-state index is -0.0433. The van der Waals surface area contributed by atoms with Crippen LogP contribution in [0.4, 0.5) is 0 Å². The summed E-state index contributed by atoms with van der Waals surface area (Å²) in [7, 11) is 0. The van der Waals surface area contributed by atoms with Gasteiger partial charge in [-0.15, -0.1) is 28.3 Å². The Morgan fingerprint density at radius 2 is 1.95 bits per heavy atom. The summed E-state index contributed by atoms with van der Waals surface area (Å²) in [6, 6.07) is 4.90. The number of benzene rings is 1. The molecular weight excluding hydrogens is 407 g/mol. The molecule has 0 atom stereocenters. The molecule has 1 aliphatic rings.